The normalized spacial score (nSPS) is 14.5. The van der Waals surface area contributed by atoms with Crippen molar-refractivity contribution in [2.45, 2.75) is 58.5 Å². The summed E-state index contributed by atoms with van der Waals surface area (Å²) in [6, 6.07) is 8.35. The first-order valence-corrected chi connectivity index (χ1v) is 8.89. The maximum atomic E-state index is 12.7. The fourth-order valence-corrected chi connectivity index (χ4v) is 2.51. The van der Waals surface area contributed by atoms with Gasteiger partial charge in [0.2, 0.25) is 5.91 Å². The van der Waals surface area contributed by atoms with Gasteiger partial charge in [-0.3, -0.25) is 9.59 Å². The van der Waals surface area contributed by atoms with Gasteiger partial charge in [-0.2, -0.15) is 0 Å². The van der Waals surface area contributed by atoms with Crippen LogP contribution in [0.25, 0.3) is 0 Å². The molecule has 0 aliphatic carbocycles. The van der Waals surface area contributed by atoms with Crippen LogP contribution in [0.4, 0.5) is 0 Å². The second kappa shape index (κ2) is 10.8. The lowest BCUT2D eigenvalue weighted by Crippen LogP contribution is -2.53. The third-order valence-electron chi connectivity index (χ3n) is 4.36. The molecule has 3 atom stereocenters. The lowest BCUT2D eigenvalue weighted by molar-refractivity contribution is -0.124. The van der Waals surface area contributed by atoms with E-state index in [0.717, 1.165) is 25.7 Å². The van der Waals surface area contributed by atoms with E-state index < -0.39 is 6.04 Å². The number of hydrogen-bond acceptors (Lipinski definition) is 3. The summed E-state index contributed by atoms with van der Waals surface area (Å²) in [5, 5.41) is 5.87. The van der Waals surface area contributed by atoms with Crippen LogP contribution in [-0.2, 0) is 4.79 Å². The van der Waals surface area contributed by atoms with E-state index in [0.29, 0.717) is 12.1 Å². The molecule has 1 aromatic rings. The first kappa shape index (κ1) is 20.2. The summed E-state index contributed by atoms with van der Waals surface area (Å²) in [5.41, 5.74) is 6.32. The largest absolute Gasteiger partial charge is 0.350 e. The van der Waals surface area contributed by atoms with Crippen LogP contribution in [0, 0.1) is 5.92 Å². The number of benzene rings is 1. The van der Waals surface area contributed by atoms with Gasteiger partial charge in [-0.15, -0.1) is 0 Å². The zero-order valence-corrected chi connectivity index (χ0v) is 15.0. The summed E-state index contributed by atoms with van der Waals surface area (Å²) in [6.45, 7) is 6.50. The predicted octanol–water partition coefficient (Wildman–Crippen LogP) is 2.46. The van der Waals surface area contributed by atoms with Crippen LogP contribution in [0.1, 0.15) is 56.8 Å². The van der Waals surface area contributed by atoms with E-state index in [1.807, 2.05) is 32.0 Å². The van der Waals surface area contributed by atoms with Gasteiger partial charge >= 0.3 is 0 Å². The third kappa shape index (κ3) is 6.32. The predicted molar refractivity (Wildman–Crippen MR) is 97.7 cm³/mol. The number of carbonyl (C=O) groups is 2. The minimum atomic E-state index is -0.557. The maximum absolute atomic E-state index is 12.7. The quantitative estimate of drug-likeness (QED) is 0.615. The van der Waals surface area contributed by atoms with Gasteiger partial charge in [-0.05, 0) is 24.5 Å². The monoisotopic (exact) mass is 333 g/mol. The van der Waals surface area contributed by atoms with Gasteiger partial charge in [-0.25, -0.2) is 0 Å². The molecule has 2 amide bonds. The lowest BCUT2D eigenvalue weighted by atomic mass is 9.97. The Bertz CT molecular complexity index is 505. The average Bonchev–Trinajstić information content (AvgIpc) is 2.62. The standard InChI is InChI=1S/C19H31N3O2/c1-4-6-12-16(13-20)21-19(24)17(14(3)5-2)22-18(23)15-10-8-7-9-11-15/h7-11,14,16-17H,4-6,12-13,20H2,1-3H3,(H,21,24)(H,22,23). The molecule has 5 nitrogen and oxygen atoms in total. The fourth-order valence-electron chi connectivity index (χ4n) is 2.51. The van der Waals surface area contributed by atoms with E-state index in [1.165, 1.54) is 0 Å². The Morgan fingerprint density at radius 3 is 2.33 bits per heavy atom. The summed E-state index contributed by atoms with van der Waals surface area (Å²) in [4.78, 5) is 25.1. The number of amides is 2. The second-order valence-electron chi connectivity index (χ2n) is 6.29. The van der Waals surface area contributed by atoms with Crippen molar-refractivity contribution < 1.29 is 9.59 Å². The summed E-state index contributed by atoms with van der Waals surface area (Å²) >= 11 is 0. The molecule has 5 heteroatoms. The molecule has 0 radical (unpaired) electrons. The molecule has 1 aromatic carbocycles. The van der Waals surface area contributed by atoms with Gasteiger partial charge in [0.05, 0.1) is 0 Å². The lowest BCUT2D eigenvalue weighted by Gasteiger charge is -2.26. The van der Waals surface area contributed by atoms with Crippen LogP contribution in [0.15, 0.2) is 30.3 Å². The maximum Gasteiger partial charge on any atom is 0.251 e. The molecule has 0 heterocycles. The van der Waals surface area contributed by atoms with Gasteiger partial charge in [0.15, 0.2) is 0 Å². The number of carbonyl (C=O) groups excluding carboxylic acids is 2. The molecule has 0 spiro atoms. The van der Waals surface area contributed by atoms with Crippen LogP contribution in [-0.4, -0.2) is 30.4 Å². The Balaban J connectivity index is 2.77. The van der Waals surface area contributed by atoms with Crippen molar-refractivity contribution in [1.29, 1.82) is 0 Å². The van der Waals surface area contributed by atoms with E-state index in [4.69, 9.17) is 5.73 Å². The van der Waals surface area contributed by atoms with Crippen molar-refractivity contribution in [2.24, 2.45) is 11.7 Å². The van der Waals surface area contributed by atoms with Crippen LogP contribution < -0.4 is 16.4 Å². The number of nitrogens with two attached hydrogens (primary N) is 1. The van der Waals surface area contributed by atoms with Gasteiger partial charge in [0.1, 0.15) is 6.04 Å². The van der Waals surface area contributed by atoms with Crippen molar-refractivity contribution in [3.05, 3.63) is 35.9 Å². The summed E-state index contributed by atoms with van der Waals surface area (Å²) < 4.78 is 0. The molecule has 24 heavy (non-hydrogen) atoms. The molecule has 0 bridgehead atoms. The summed E-state index contributed by atoms with van der Waals surface area (Å²) in [5.74, 6) is -0.337. The molecule has 1 rings (SSSR count). The second-order valence-corrected chi connectivity index (χ2v) is 6.29. The van der Waals surface area contributed by atoms with Crippen molar-refractivity contribution in [1.82, 2.24) is 10.6 Å². The minimum Gasteiger partial charge on any atom is -0.350 e. The molecule has 4 N–H and O–H groups in total. The van der Waals surface area contributed by atoms with E-state index in [-0.39, 0.29) is 23.8 Å². The SMILES string of the molecule is CCCCC(CN)NC(=O)C(NC(=O)c1ccccc1)C(C)CC. The Kier molecular flexibility index (Phi) is 9.08. The third-order valence-corrected chi connectivity index (χ3v) is 4.36. The van der Waals surface area contributed by atoms with Crippen molar-refractivity contribution >= 4 is 11.8 Å². The van der Waals surface area contributed by atoms with E-state index in [1.54, 1.807) is 12.1 Å². The number of hydrogen-bond donors (Lipinski definition) is 3. The van der Waals surface area contributed by atoms with Crippen LogP contribution in [0.5, 0.6) is 0 Å². The first-order chi connectivity index (χ1) is 11.5. The Labute approximate surface area is 145 Å². The van der Waals surface area contributed by atoms with Crippen LogP contribution >= 0.6 is 0 Å². The molecule has 0 fully saturated rings. The highest BCUT2D eigenvalue weighted by Crippen LogP contribution is 2.11. The fraction of sp³-hybridized carbons (Fsp3) is 0.579. The Morgan fingerprint density at radius 2 is 1.79 bits per heavy atom. The molecular formula is C19H31N3O2. The number of unbranched alkanes of at least 4 members (excludes halogenated alkanes) is 1. The molecule has 0 aliphatic rings. The highest BCUT2D eigenvalue weighted by molar-refractivity contribution is 5.97. The van der Waals surface area contributed by atoms with E-state index >= 15 is 0 Å². The highest BCUT2D eigenvalue weighted by Gasteiger charge is 2.27. The molecule has 134 valence electrons. The minimum absolute atomic E-state index is 0.0438. The molecule has 0 aromatic heterocycles. The molecule has 3 unspecified atom stereocenters. The topological polar surface area (TPSA) is 84.2 Å². The van der Waals surface area contributed by atoms with E-state index in [9.17, 15) is 9.59 Å². The van der Waals surface area contributed by atoms with Gasteiger partial charge in [-0.1, -0.05) is 58.2 Å². The molecule has 0 aliphatic heterocycles. The first-order valence-electron chi connectivity index (χ1n) is 8.89. The van der Waals surface area contributed by atoms with Crippen molar-refractivity contribution in [2.75, 3.05) is 6.54 Å². The van der Waals surface area contributed by atoms with Crippen LogP contribution in [0.2, 0.25) is 0 Å². The van der Waals surface area contributed by atoms with Gasteiger partial charge in [0.25, 0.3) is 5.91 Å². The van der Waals surface area contributed by atoms with Gasteiger partial charge in [0, 0.05) is 18.2 Å². The smallest absolute Gasteiger partial charge is 0.251 e. The number of rotatable bonds is 10. The summed E-state index contributed by atoms with van der Waals surface area (Å²) in [7, 11) is 0. The van der Waals surface area contributed by atoms with Crippen molar-refractivity contribution in [3.8, 4) is 0 Å². The molecular weight excluding hydrogens is 302 g/mol. The zero-order valence-electron chi connectivity index (χ0n) is 15.0. The molecule has 0 saturated carbocycles. The highest BCUT2D eigenvalue weighted by atomic mass is 16.2. The van der Waals surface area contributed by atoms with Crippen molar-refractivity contribution in [3.63, 3.8) is 0 Å². The summed E-state index contributed by atoms with van der Waals surface area (Å²) in [6.07, 6.45) is 3.74. The zero-order chi connectivity index (χ0) is 17.9. The average molecular weight is 333 g/mol. The van der Waals surface area contributed by atoms with Crippen LogP contribution in [0.3, 0.4) is 0 Å². The number of nitrogens with one attached hydrogen (secondary N) is 2. The van der Waals surface area contributed by atoms with E-state index in [2.05, 4.69) is 17.6 Å². The Morgan fingerprint density at radius 1 is 1.12 bits per heavy atom. The van der Waals surface area contributed by atoms with Gasteiger partial charge < -0.3 is 16.4 Å². The molecule has 0 saturated heterocycles. The Hall–Kier alpha value is -1.88.